The number of sulfonamides is 1. The molecule has 22 heavy (non-hydrogen) atoms. The molecule has 1 aromatic rings. The first-order valence-corrected chi connectivity index (χ1v) is 9.26. The summed E-state index contributed by atoms with van der Waals surface area (Å²) >= 11 is 3.22. The first kappa shape index (κ1) is 17.4. The fraction of sp³-hybridized carbons (Fsp3) is 0.500. The Morgan fingerprint density at radius 3 is 2.77 bits per heavy atom. The normalized spacial score (nSPS) is 22.3. The number of rotatable bonds is 4. The molecule has 2 N–H and O–H groups in total. The van der Waals surface area contributed by atoms with Crippen molar-refractivity contribution in [3.8, 4) is 0 Å². The zero-order valence-corrected chi connectivity index (χ0v) is 14.8. The van der Waals surface area contributed by atoms with Crippen molar-refractivity contribution in [2.45, 2.75) is 36.7 Å². The van der Waals surface area contributed by atoms with Gasteiger partial charge in [0, 0.05) is 16.6 Å². The lowest BCUT2D eigenvalue weighted by atomic mass is 10.0. The molecule has 0 spiro atoms. The van der Waals surface area contributed by atoms with Gasteiger partial charge in [0.2, 0.25) is 10.0 Å². The van der Waals surface area contributed by atoms with Crippen molar-refractivity contribution in [3.63, 3.8) is 0 Å². The predicted octanol–water partition coefficient (Wildman–Crippen LogP) is 1.65. The number of carbonyl (C=O) groups excluding carboxylic acids is 1. The maximum atomic E-state index is 12.5. The molecule has 0 bridgehead atoms. The van der Waals surface area contributed by atoms with E-state index in [0.717, 1.165) is 19.4 Å². The molecule has 0 saturated carbocycles. The molecule has 0 radical (unpaired) electrons. The summed E-state index contributed by atoms with van der Waals surface area (Å²) in [5, 5.41) is 3.25. The van der Waals surface area contributed by atoms with Crippen LogP contribution in [0.1, 0.15) is 30.1 Å². The van der Waals surface area contributed by atoms with Crippen molar-refractivity contribution in [1.82, 2.24) is 10.0 Å². The highest BCUT2D eigenvalue weighted by Gasteiger charge is 2.28. The summed E-state index contributed by atoms with van der Waals surface area (Å²) < 4.78 is 32.7. The van der Waals surface area contributed by atoms with E-state index >= 15 is 0 Å². The van der Waals surface area contributed by atoms with Gasteiger partial charge in [-0.05, 0) is 60.4 Å². The highest BCUT2D eigenvalue weighted by molar-refractivity contribution is 9.10. The van der Waals surface area contributed by atoms with Crippen molar-refractivity contribution >= 4 is 31.9 Å². The van der Waals surface area contributed by atoms with Crippen molar-refractivity contribution < 1.29 is 17.9 Å². The summed E-state index contributed by atoms with van der Waals surface area (Å²) in [5.41, 5.74) is 0.293. The third-order valence-electron chi connectivity index (χ3n) is 3.71. The van der Waals surface area contributed by atoms with Gasteiger partial charge in [-0.2, -0.15) is 0 Å². The lowest BCUT2D eigenvalue weighted by molar-refractivity contribution is 0.0600. The Bertz CT molecular complexity index is 663. The van der Waals surface area contributed by atoms with Crippen LogP contribution < -0.4 is 10.0 Å². The Balaban J connectivity index is 2.24. The van der Waals surface area contributed by atoms with E-state index in [1.807, 2.05) is 6.92 Å². The average molecular weight is 391 g/mol. The summed E-state index contributed by atoms with van der Waals surface area (Å²) in [7, 11) is -2.38. The van der Waals surface area contributed by atoms with Crippen LogP contribution in [0.4, 0.5) is 0 Å². The molecular weight excluding hydrogens is 372 g/mol. The topological polar surface area (TPSA) is 84.5 Å². The van der Waals surface area contributed by atoms with E-state index in [-0.39, 0.29) is 17.0 Å². The van der Waals surface area contributed by atoms with Crippen LogP contribution in [0.3, 0.4) is 0 Å². The van der Waals surface area contributed by atoms with Crippen molar-refractivity contribution in [2.24, 2.45) is 0 Å². The number of carbonyl (C=O) groups is 1. The van der Waals surface area contributed by atoms with Gasteiger partial charge in [-0.15, -0.1) is 0 Å². The van der Waals surface area contributed by atoms with Gasteiger partial charge in [-0.1, -0.05) is 0 Å². The molecule has 122 valence electrons. The summed E-state index contributed by atoms with van der Waals surface area (Å²) in [5.74, 6) is -0.511. The molecule has 1 heterocycles. The number of esters is 1. The maximum absolute atomic E-state index is 12.5. The molecule has 1 saturated heterocycles. The van der Waals surface area contributed by atoms with E-state index in [1.54, 1.807) is 0 Å². The molecule has 1 aromatic carbocycles. The molecule has 1 aliphatic heterocycles. The fourth-order valence-electron chi connectivity index (χ4n) is 2.43. The molecule has 0 aliphatic carbocycles. The van der Waals surface area contributed by atoms with Crippen molar-refractivity contribution in [1.29, 1.82) is 0 Å². The number of benzene rings is 1. The lowest BCUT2D eigenvalue weighted by Gasteiger charge is -2.30. The summed E-state index contributed by atoms with van der Waals surface area (Å²) in [6.07, 6.45) is 1.73. The van der Waals surface area contributed by atoms with Crippen molar-refractivity contribution in [3.05, 3.63) is 28.2 Å². The number of hydrogen-bond acceptors (Lipinski definition) is 5. The highest BCUT2D eigenvalue weighted by atomic mass is 79.9. The van der Waals surface area contributed by atoms with Crippen LogP contribution in [-0.2, 0) is 14.8 Å². The Morgan fingerprint density at radius 2 is 2.18 bits per heavy atom. The monoisotopic (exact) mass is 390 g/mol. The van der Waals surface area contributed by atoms with Gasteiger partial charge in [0.1, 0.15) is 0 Å². The summed E-state index contributed by atoms with van der Waals surface area (Å²) in [4.78, 5) is 11.6. The minimum atomic E-state index is -3.66. The van der Waals surface area contributed by atoms with Crippen LogP contribution in [0.25, 0.3) is 0 Å². The smallest absolute Gasteiger partial charge is 0.337 e. The Labute approximate surface area is 138 Å². The largest absolute Gasteiger partial charge is 0.465 e. The van der Waals surface area contributed by atoms with E-state index in [1.165, 1.54) is 25.3 Å². The van der Waals surface area contributed by atoms with Gasteiger partial charge in [0.25, 0.3) is 0 Å². The first-order chi connectivity index (χ1) is 10.3. The lowest BCUT2D eigenvalue weighted by Crippen LogP contribution is -2.51. The number of nitrogens with one attached hydrogen (secondary N) is 2. The van der Waals surface area contributed by atoms with Gasteiger partial charge in [-0.3, -0.25) is 0 Å². The summed E-state index contributed by atoms with van der Waals surface area (Å²) in [6, 6.07) is 4.22. The van der Waals surface area contributed by atoms with E-state index in [9.17, 15) is 13.2 Å². The Kier molecular flexibility index (Phi) is 5.60. The molecule has 2 atom stereocenters. The highest BCUT2D eigenvalue weighted by Crippen LogP contribution is 2.24. The second kappa shape index (κ2) is 7.08. The molecule has 2 rings (SSSR count). The molecule has 0 amide bonds. The van der Waals surface area contributed by atoms with E-state index in [0.29, 0.717) is 10.0 Å². The SMILES string of the molecule is COC(=O)c1ccc(S(=O)(=O)NC2CCCNC2C)c(Br)c1. The van der Waals surface area contributed by atoms with Gasteiger partial charge in [0.15, 0.2) is 0 Å². The van der Waals surface area contributed by atoms with Crippen LogP contribution in [0.15, 0.2) is 27.6 Å². The zero-order chi connectivity index (χ0) is 16.3. The number of methoxy groups -OCH3 is 1. The second-order valence-corrected chi connectivity index (χ2v) is 7.79. The maximum Gasteiger partial charge on any atom is 0.337 e. The standard InChI is InChI=1S/C14H19BrN2O4S/c1-9-12(4-3-7-16-9)17-22(19,20)13-6-5-10(8-11(13)15)14(18)21-2/h5-6,8-9,12,16-17H,3-4,7H2,1-2H3. The van der Waals surface area contributed by atoms with Crippen molar-refractivity contribution in [2.75, 3.05) is 13.7 Å². The van der Waals surface area contributed by atoms with Gasteiger partial charge in [-0.25, -0.2) is 17.9 Å². The first-order valence-electron chi connectivity index (χ1n) is 6.98. The summed E-state index contributed by atoms with van der Waals surface area (Å²) in [6.45, 7) is 2.86. The molecule has 0 aromatic heterocycles. The Hall–Kier alpha value is -0.960. The van der Waals surface area contributed by atoms with Crippen LogP contribution >= 0.6 is 15.9 Å². The molecular formula is C14H19BrN2O4S. The molecule has 1 aliphatic rings. The minimum Gasteiger partial charge on any atom is -0.465 e. The van der Waals surface area contributed by atoms with E-state index in [2.05, 4.69) is 30.7 Å². The van der Waals surface area contributed by atoms with Gasteiger partial charge >= 0.3 is 5.97 Å². The zero-order valence-electron chi connectivity index (χ0n) is 12.4. The second-order valence-electron chi connectivity index (χ2n) is 5.25. The predicted molar refractivity (Wildman–Crippen MR) is 86.3 cm³/mol. The molecule has 8 heteroatoms. The van der Waals surface area contributed by atoms with Gasteiger partial charge in [0.05, 0.1) is 17.6 Å². The van der Waals surface area contributed by atoms with Crippen LogP contribution in [0, 0.1) is 0 Å². The van der Waals surface area contributed by atoms with Crippen LogP contribution in [0.2, 0.25) is 0 Å². The number of halogens is 1. The van der Waals surface area contributed by atoms with E-state index in [4.69, 9.17) is 0 Å². The van der Waals surface area contributed by atoms with Crippen LogP contribution in [-0.4, -0.2) is 40.1 Å². The molecule has 6 nitrogen and oxygen atoms in total. The minimum absolute atomic E-state index is 0.0802. The van der Waals surface area contributed by atoms with Crippen LogP contribution in [0.5, 0.6) is 0 Å². The number of hydrogen-bond donors (Lipinski definition) is 2. The number of piperidine rings is 1. The third-order valence-corrected chi connectivity index (χ3v) is 6.18. The Morgan fingerprint density at radius 1 is 1.45 bits per heavy atom. The quantitative estimate of drug-likeness (QED) is 0.763. The van der Waals surface area contributed by atoms with E-state index < -0.39 is 16.0 Å². The van der Waals surface area contributed by atoms with Gasteiger partial charge < -0.3 is 10.1 Å². The fourth-order valence-corrected chi connectivity index (χ4v) is 4.86. The molecule has 1 fully saturated rings. The number of ether oxygens (including phenoxy) is 1. The molecule has 2 unspecified atom stereocenters. The third kappa shape index (κ3) is 3.87. The average Bonchev–Trinajstić information content (AvgIpc) is 2.48.